The summed E-state index contributed by atoms with van der Waals surface area (Å²) in [7, 11) is 1.37. The lowest BCUT2D eigenvalue weighted by atomic mass is 9.90. The largest absolute Gasteiger partial charge is 0.490 e. The van der Waals surface area contributed by atoms with E-state index in [9.17, 15) is 19.7 Å². The maximum Gasteiger partial charge on any atom is 0.310 e. The number of methoxy groups -OCH3 is 1. The van der Waals surface area contributed by atoms with Crippen LogP contribution in [0.3, 0.4) is 0 Å². The van der Waals surface area contributed by atoms with Crippen LogP contribution < -0.4 is 20.7 Å². The lowest BCUT2D eigenvalue weighted by molar-refractivity contribution is -0.385. The number of fused-ring (bicyclic) bond motifs is 1. The number of Topliss-reactive ketones (excluding diaryl/α,β-unsaturated/α-hetero) is 1. The first-order chi connectivity index (χ1) is 16.9. The Kier molecular flexibility index (Phi) is 5.79. The summed E-state index contributed by atoms with van der Waals surface area (Å²) in [6.07, 6.45) is 2.06. The minimum absolute atomic E-state index is 0.0476. The third-order valence-electron chi connectivity index (χ3n) is 5.86. The molecule has 0 fully saturated rings. The Morgan fingerprint density at radius 1 is 1.17 bits per heavy atom. The number of carbonyl (C=O) groups excluding carboxylic acids is 2. The molecule has 0 radical (unpaired) electrons. The van der Waals surface area contributed by atoms with Crippen LogP contribution in [0.5, 0.6) is 5.75 Å². The van der Waals surface area contributed by atoms with Crippen molar-refractivity contribution in [2.24, 2.45) is 0 Å². The zero-order chi connectivity index (χ0) is 24.5. The number of rotatable bonds is 5. The van der Waals surface area contributed by atoms with Gasteiger partial charge in [0.05, 0.1) is 29.0 Å². The van der Waals surface area contributed by atoms with Gasteiger partial charge in [-0.25, -0.2) is 0 Å². The highest BCUT2D eigenvalue weighted by atomic mass is 32.1. The summed E-state index contributed by atoms with van der Waals surface area (Å²) in [5, 5.41) is 24.3. The second kappa shape index (κ2) is 9.07. The van der Waals surface area contributed by atoms with E-state index in [0.29, 0.717) is 34.6 Å². The molecule has 3 aromatic rings. The number of ether oxygens (including phenoxy) is 1. The van der Waals surface area contributed by atoms with Crippen LogP contribution in [0, 0.1) is 10.1 Å². The van der Waals surface area contributed by atoms with Crippen molar-refractivity contribution in [3.63, 3.8) is 0 Å². The average molecular weight is 489 g/mol. The molecule has 0 saturated carbocycles. The van der Waals surface area contributed by atoms with Crippen LogP contribution in [0.25, 0.3) is 5.57 Å². The van der Waals surface area contributed by atoms with Crippen LogP contribution in [0.15, 0.2) is 70.6 Å². The minimum atomic E-state index is -0.504. The molecule has 35 heavy (non-hydrogen) atoms. The molecule has 3 N–H and O–H groups in total. The normalized spacial score (nSPS) is 14.5. The van der Waals surface area contributed by atoms with Gasteiger partial charge in [0.2, 0.25) is 0 Å². The van der Waals surface area contributed by atoms with E-state index < -0.39 is 4.92 Å². The average Bonchev–Trinajstić information content (AvgIpc) is 3.33. The number of nitrogens with zero attached hydrogens (tertiary/aromatic N) is 1. The first-order valence-corrected chi connectivity index (χ1v) is 11.7. The molecule has 0 unspecified atom stereocenters. The molecular formula is C25H20N4O5S. The highest BCUT2D eigenvalue weighted by Gasteiger charge is 2.26. The van der Waals surface area contributed by atoms with Gasteiger partial charge in [0.15, 0.2) is 11.5 Å². The summed E-state index contributed by atoms with van der Waals surface area (Å²) in [4.78, 5) is 36.1. The van der Waals surface area contributed by atoms with Gasteiger partial charge in [-0.05, 0) is 59.0 Å². The summed E-state index contributed by atoms with van der Waals surface area (Å²) in [5.74, 6) is -0.0985. The Morgan fingerprint density at radius 3 is 2.77 bits per heavy atom. The van der Waals surface area contributed by atoms with E-state index in [1.807, 2.05) is 23.6 Å². The van der Waals surface area contributed by atoms with Crippen molar-refractivity contribution < 1.29 is 19.2 Å². The number of thiophene rings is 1. The molecule has 0 spiro atoms. The lowest BCUT2D eigenvalue weighted by Gasteiger charge is -2.19. The van der Waals surface area contributed by atoms with E-state index in [-0.39, 0.29) is 29.5 Å². The molecule has 2 heterocycles. The third-order valence-corrected chi connectivity index (χ3v) is 6.55. The molecule has 2 aromatic carbocycles. The maximum atomic E-state index is 13.0. The number of nitro groups is 1. The number of carbonyl (C=O) groups is 2. The van der Waals surface area contributed by atoms with Crippen LogP contribution in [-0.4, -0.2) is 30.3 Å². The van der Waals surface area contributed by atoms with E-state index in [1.165, 1.54) is 24.5 Å². The number of nitrogens with one attached hydrogen (secondary N) is 3. The Labute approximate surface area is 204 Å². The van der Waals surface area contributed by atoms with E-state index in [1.54, 1.807) is 29.6 Å². The predicted octanol–water partition coefficient (Wildman–Crippen LogP) is 5.07. The molecule has 1 amide bonds. The van der Waals surface area contributed by atoms with Crippen molar-refractivity contribution in [1.29, 1.82) is 0 Å². The molecule has 1 aliphatic carbocycles. The van der Waals surface area contributed by atoms with Gasteiger partial charge in [0.25, 0.3) is 5.91 Å². The zero-order valence-corrected chi connectivity index (χ0v) is 19.4. The first-order valence-electron chi connectivity index (χ1n) is 10.7. The van der Waals surface area contributed by atoms with E-state index in [0.717, 1.165) is 16.9 Å². The second-order valence-corrected chi connectivity index (χ2v) is 8.79. The Balaban J connectivity index is 1.42. The van der Waals surface area contributed by atoms with Gasteiger partial charge in [-0.1, -0.05) is 0 Å². The van der Waals surface area contributed by atoms with Crippen molar-refractivity contribution in [3.8, 4) is 5.75 Å². The molecular weight excluding hydrogens is 468 g/mol. The lowest BCUT2D eigenvalue weighted by Crippen LogP contribution is -2.18. The molecule has 0 saturated heterocycles. The van der Waals surface area contributed by atoms with Crippen molar-refractivity contribution in [3.05, 3.63) is 91.8 Å². The van der Waals surface area contributed by atoms with Crippen LogP contribution in [0.1, 0.15) is 22.3 Å². The van der Waals surface area contributed by atoms with Gasteiger partial charge in [-0.2, -0.15) is 11.3 Å². The van der Waals surface area contributed by atoms with E-state index in [4.69, 9.17) is 4.74 Å². The second-order valence-electron chi connectivity index (χ2n) is 8.01. The van der Waals surface area contributed by atoms with Gasteiger partial charge >= 0.3 is 5.69 Å². The minimum Gasteiger partial charge on any atom is -0.490 e. The van der Waals surface area contributed by atoms with Crippen molar-refractivity contribution >= 4 is 51.3 Å². The van der Waals surface area contributed by atoms with Gasteiger partial charge in [-0.3, -0.25) is 19.7 Å². The zero-order valence-electron chi connectivity index (χ0n) is 18.6. The number of anilines is 3. The van der Waals surface area contributed by atoms with E-state index in [2.05, 4.69) is 16.0 Å². The van der Waals surface area contributed by atoms with Crippen molar-refractivity contribution in [2.75, 3.05) is 29.6 Å². The molecule has 10 heteroatoms. The number of hydrogen-bond donors (Lipinski definition) is 3. The van der Waals surface area contributed by atoms with Gasteiger partial charge in [-0.15, -0.1) is 0 Å². The van der Waals surface area contributed by atoms with Crippen molar-refractivity contribution in [2.45, 2.75) is 6.42 Å². The highest BCUT2D eigenvalue weighted by molar-refractivity contribution is 7.08. The predicted molar refractivity (Wildman–Crippen MR) is 135 cm³/mol. The van der Waals surface area contributed by atoms with Crippen LogP contribution in [-0.2, 0) is 4.79 Å². The van der Waals surface area contributed by atoms with E-state index >= 15 is 0 Å². The summed E-state index contributed by atoms with van der Waals surface area (Å²) >= 11 is 1.46. The molecule has 2 aliphatic rings. The molecule has 176 valence electrons. The number of ketones is 1. The van der Waals surface area contributed by atoms with Crippen molar-refractivity contribution in [1.82, 2.24) is 0 Å². The molecule has 0 bridgehead atoms. The third kappa shape index (κ3) is 4.38. The summed E-state index contributed by atoms with van der Waals surface area (Å²) in [6.45, 7) is 0.323. The molecule has 5 rings (SSSR count). The maximum absolute atomic E-state index is 13.0. The fourth-order valence-corrected chi connectivity index (χ4v) is 4.70. The summed E-state index contributed by atoms with van der Waals surface area (Å²) in [5.41, 5.74) is 5.30. The van der Waals surface area contributed by atoms with Crippen LogP contribution in [0.4, 0.5) is 22.7 Å². The van der Waals surface area contributed by atoms with Gasteiger partial charge in [0.1, 0.15) is 0 Å². The van der Waals surface area contributed by atoms with Crippen LogP contribution in [0.2, 0.25) is 0 Å². The number of nitro benzene ring substituents is 1. The fraction of sp³-hybridized carbons (Fsp3) is 0.120. The van der Waals surface area contributed by atoms with Crippen LogP contribution >= 0.6 is 11.3 Å². The number of hydrogen-bond acceptors (Lipinski definition) is 8. The molecule has 9 nitrogen and oxygen atoms in total. The summed E-state index contributed by atoms with van der Waals surface area (Å²) in [6, 6.07) is 11.8. The monoisotopic (exact) mass is 488 g/mol. The Bertz CT molecular complexity index is 1430. The SMILES string of the molecule is COc1cc(C2=CC3=C(CNc4cc(NC(=O)c5ccsc5)ccc4N3)C(=O)C2)ccc1[N+](=O)[O-]. The Morgan fingerprint density at radius 2 is 2.03 bits per heavy atom. The van der Waals surface area contributed by atoms with Gasteiger partial charge in [0, 0.05) is 41.4 Å². The highest BCUT2D eigenvalue weighted by Crippen LogP contribution is 2.37. The summed E-state index contributed by atoms with van der Waals surface area (Å²) < 4.78 is 5.18. The molecule has 1 aromatic heterocycles. The quantitative estimate of drug-likeness (QED) is 0.339. The fourth-order valence-electron chi connectivity index (χ4n) is 4.06. The Hall–Kier alpha value is -4.44. The number of allylic oxidation sites excluding steroid dienone is 2. The number of amides is 1. The topological polar surface area (TPSA) is 123 Å². The standard InChI is InChI=1S/C25H20N4O5S/c1-34-24-10-14(2-5-22(24)29(32)33)16-8-20-18(23(30)9-16)12-26-21-11-17(3-4-19(21)28-20)27-25(31)15-6-7-35-13-15/h2-8,10-11,13,26,28H,9,12H2,1H3,(H,27,31). The first kappa shape index (κ1) is 22.4. The molecule has 1 aliphatic heterocycles. The molecule has 0 atom stereocenters. The van der Waals surface area contributed by atoms with Gasteiger partial charge < -0.3 is 20.7 Å². The number of benzene rings is 2. The smallest absolute Gasteiger partial charge is 0.310 e.